The molecule has 9 heteroatoms. The van der Waals surface area contributed by atoms with Crippen molar-refractivity contribution in [1.29, 1.82) is 0 Å². The van der Waals surface area contributed by atoms with Crippen LogP contribution in [0.4, 0.5) is 0 Å². The van der Waals surface area contributed by atoms with Crippen LogP contribution in [-0.2, 0) is 10.0 Å². The lowest BCUT2D eigenvalue weighted by Gasteiger charge is -2.18. The molecule has 0 aromatic heterocycles. The predicted octanol–water partition coefficient (Wildman–Crippen LogP) is 2.12. The molecule has 0 aromatic carbocycles. The van der Waals surface area contributed by atoms with E-state index in [1.54, 1.807) is 0 Å². The van der Waals surface area contributed by atoms with Crippen LogP contribution in [0.15, 0.2) is 4.99 Å². The maximum absolute atomic E-state index is 11.5. The second-order valence-corrected chi connectivity index (χ2v) is 9.00. The molecule has 0 bridgehead atoms. The summed E-state index contributed by atoms with van der Waals surface area (Å²) >= 11 is 1.94. The van der Waals surface area contributed by atoms with Gasteiger partial charge in [-0.05, 0) is 38.9 Å². The fourth-order valence-corrected chi connectivity index (χ4v) is 4.52. The van der Waals surface area contributed by atoms with Gasteiger partial charge in [0.2, 0.25) is 10.0 Å². The van der Waals surface area contributed by atoms with Crippen molar-refractivity contribution in [3.63, 3.8) is 0 Å². The molecule has 0 amide bonds. The Labute approximate surface area is 169 Å². The molecule has 1 saturated carbocycles. The molecule has 6 nitrogen and oxygen atoms in total. The van der Waals surface area contributed by atoms with Crippen LogP contribution in [0, 0.1) is 0 Å². The van der Waals surface area contributed by atoms with Gasteiger partial charge in [0.25, 0.3) is 0 Å². The summed E-state index contributed by atoms with van der Waals surface area (Å²) in [5.74, 6) is 0.849. The monoisotopic (exact) mass is 492 g/mol. The van der Waals surface area contributed by atoms with Crippen LogP contribution < -0.4 is 10.6 Å². The Balaban J connectivity index is 0.00000529. The van der Waals surface area contributed by atoms with Gasteiger partial charge >= 0.3 is 0 Å². The van der Waals surface area contributed by atoms with Gasteiger partial charge in [-0.2, -0.15) is 11.8 Å². The predicted molar refractivity (Wildman–Crippen MR) is 116 cm³/mol. The van der Waals surface area contributed by atoms with Crippen molar-refractivity contribution in [3.8, 4) is 0 Å². The van der Waals surface area contributed by atoms with Gasteiger partial charge in [-0.25, -0.2) is 12.7 Å². The molecule has 0 radical (unpaired) electrons. The van der Waals surface area contributed by atoms with E-state index in [-0.39, 0.29) is 24.0 Å². The molecule has 0 heterocycles. The summed E-state index contributed by atoms with van der Waals surface area (Å²) in [6.45, 7) is 6.40. The number of thioether (sulfide) groups is 1. The summed E-state index contributed by atoms with van der Waals surface area (Å²) in [6.07, 6.45) is 7.80. The van der Waals surface area contributed by atoms with E-state index in [1.807, 2.05) is 18.7 Å². The summed E-state index contributed by atoms with van der Waals surface area (Å²) in [6, 6.07) is 0.494. The van der Waals surface area contributed by atoms with Crippen molar-refractivity contribution >= 4 is 51.7 Å². The zero-order valence-electron chi connectivity index (χ0n) is 15.2. The van der Waals surface area contributed by atoms with E-state index in [0.29, 0.717) is 25.7 Å². The molecule has 1 rings (SSSR count). The zero-order valence-corrected chi connectivity index (χ0v) is 19.2. The SMILES string of the molecule is CCNC(=NCCCN(CC)S(C)(=O)=O)NC1CCC(SC)C1.I. The molecule has 24 heavy (non-hydrogen) atoms. The van der Waals surface area contributed by atoms with Crippen LogP contribution >= 0.6 is 35.7 Å². The summed E-state index contributed by atoms with van der Waals surface area (Å²) in [5.41, 5.74) is 0. The number of sulfonamides is 1. The molecule has 144 valence electrons. The Morgan fingerprint density at radius 3 is 2.54 bits per heavy atom. The van der Waals surface area contributed by atoms with E-state index in [9.17, 15) is 8.42 Å². The molecular formula is C15H33IN4O2S2. The fraction of sp³-hybridized carbons (Fsp3) is 0.933. The first-order valence-electron chi connectivity index (χ1n) is 8.43. The highest BCUT2D eigenvalue weighted by molar-refractivity contribution is 14.0. The molecule has 2 atom stereocenters. The highest BCUT2D eigenvalue weighted by atomic mass is 127. The number of guanidine groups is 1. The van der Waals surface area contributed by atoms with Crippen molar-refractivity contribution in [2.45, 2.75) is 50.8 Å². The summed E-state index contributed by atoms with van der Waals surface area (Å²) < 4.78 is 24.6. The number of aliphatic imine (C=N–C) groups is 1. The van der Waals surface area contributed by atoms with Crippen LogP contribution in [-0.4, -0.2) is 68.7 Å². The minimum atomic E-state index is -3.10. The van der Waals surface area contributed by atoms with E-state index in [0.717, 1.165) is 24.2 Å². The van der Waals surface area contributed by atoms with Gasteiger partial charge in [-0.1, -0.05) is 6.92 Å². The molecule has 2 N–H and O–H groups in total. The topological polar surface area (TPSA) is 73.8 Å². The van der Waals surface area contributed by atoms with E-state index >= 15 is 0 Å². The lowest BCUT2D eigenvalue weighted by atomic mass is 10.2. The number of rotatable bonds is 9. The van der Waals surface area contributed by atoms with Crippen molar-refractivity contribution in [2.24, 2.45) is 4.99 Å². The molecule has 0 saturated heterocycles. The second kappa shape index (κ2) is 12.6. The van der Waals surface area contributed by atoms with Crippen LogP contribution in [0.3, 0.4) is 0 Å². The highest BCUT2D eigenvalue weighted by Crippen LogP contribution is 2.27. The van der Waals surface area contributed by atoms with Crippen LogP contribution in [0.1, 0.15) is 39.5 Å². The highest BCUT2D eigenvalue weighted by Gasteiger charge is 2.24. The zero-order chi connectivity index (χ0) is 17.3. The molecule has 2 unspecified atom stereocenters. The third-order valence-corrected chi connectivity index (χ3v) is 6.53. The van der Waals surface area contributed by atoms with Gasteiger partial charge in [0.15, 0.2) is 5.96 Å². The second-order valence-electron chi connectivity index (χ2n) is 5.88. The maximum atomic E-state index is 11.5. The summed E-state index contributed by atoms with van der Waals surface area (Å²) in [4.78, 5) is 4.58. The molecular weight excluding hydrogens is 459 g/mol. The molecule has 1 fully saturated rings. The molecule has 0 aromatic rings. The Kier molecular flexibility index (Phi) is 12.7. The Bertz CT molecular complexity index is 474. The third kappa shape index (κ3) is 9.10. The molecule has 0 spiro atoms. The number of nitrogens with zero attached hydrogens (tertiary/aromatic N) is 2. The van der Waals surface area contributed by atoms with E-state index in [1.165, 1.54) is 29.8 Å². The first-order chi connectivity index (χ1) is 10.9. The Morgan fingerprint density at radius 1 is 1.33 bits per heavy atom. The normalized spacial score (nSPS) is 21.6. The van der Waals surface area contributed by atoms with Crippen LogP contribution in [0.2, 0.25) is 0 Å². The largest absolute Gasteiger partial charge is 0.357 e. The van der Waals surface area contributed by atoms with Gasteiger partial charge in [-0.15, -0.1) is 24.0 Å². The first kappa shape index (κ1) is 24.3. The number of hydrogen-bond acceptors (Lipinski definition) is 4. The average Bonchev–Trinajstić information content (AvgIpc) is 2.93. The number of halogens is 1. The summed E-state index contributed by atoms with van der Waals surface area (Å²) in [5, 5.41) is 7.54. The third-order valence-electron chi connectivity index (χ3n) is 4.06. The van der Waals surface area contributed by atoms with Crippen LogP contribution in [0.25, 0.3) is 0 Å². The van der Waals surface area contributed by atoms with E-state index < -0.39 is 10.0 Å². The van der Waals surface area contributed by atoms with Crippen molar-refractivity contribution in [2.75, 3.05) is 38.7 Å². The van der Waals surface area contributed by atoms with Gasteiger partial charge in [0, 0.05) is 37.5 Å². The van der Waals surface area contributed by atoms with Gasteiger partial charge in [-0.3, -0.25) is 4.99 Å². The maximum Gasteiger partial charge on any atom is 0.211 e. The van der Waals surface area contributed by atoms with Crippen molar-refractivity contribution in [1.82, 2.24) is 14.9 Å². The fourth-order valence-electron chi connectivity index (χ4n) is 2.80. The number of nitrogens with one attached hydrogen (secondary N) is 2. The smallest absolute Gasteiger partial charge is 0.211 e. The summed E-state index contributed by atoms with van der Waals surface area (Å²) in [7, 11) is -3.10. The van der Waals surface area contributed by atoms with Gasteiger partial charge < -0.3 is 10.6 Å². The van der Waals surface area contributed by atoms with Gasteiger partial charge in [0.05, 0.1) is 6.26 Å². The molecule has 0 aliphatic heterocycles. The van der Waals surface area contributed by atoms with Crippen LogP contribution in [0.5, 0.6) is 0 Å². The standard InChI is InChI=1S/C15H32N4O2S2.HI/c1-5-16-15(18-13-8-9-14(12-13)22-3)17-10-7-11-19(6-2)23(4,20)21;/h13-14H,5-12H2,1-4H3,(H2,16,17,18);1H. The van der Waals surface area contributed by atoms with Crippen molar-refractivity contribution < 1.29 is 8.42 Å². The number of hydrogen-bond donors (Lipinski definition) is 2. The first-order valence-corrected chi connectivity index (χ1v) is 11.6. The van der Waals surface area contributed by atoms with E-state index in [2.05, 4.69) is 28.8 Å². The average molecular weight is 492 g/mol. The Morgan fingerprint density at radius 2 is 2.04 bits per heavy atom. The van der Waals surface area contributed by atoms with Gasteiger partial charge in [0.1, 0.15) is 0 Å². The molecule has 1 aliphatic carbocycles. The Hall–Kier alpha value is 0.260. The minimum absolute atomic E-state index is 0. The van der Waals surface area contributed by atoms with Crippen molar-refractivity contribution in [3.05, 3.63) is 0 Å². The molecule has 1 aliphatic rings. The lowest BCUT2D eigenvalue weighted by molar-refractivity contribution is 0.427. The quantitative estimate of drug-likeness (QED) is 0.223. The lowest BCUT2D eigenvalue weighted by Crippen LogP contribution is -2.42. The van der Waals surface area contributed by atoms with E-state index in [4.69, 9.17) is 0 Å². The minimum Gasteiger partial charge on any atom is -0.357 e.